The molecule has 0 unspecified atom stereocenters. The lowest BCUT2D eigenvalue weighted by Gasteiger charge is -2.19. The largest absolute Gasteiger partial charge is 0.312 e. The van der Waals surface area contributed by atoms with Gasteiger partial charge in [0.25, 0.3) is 5.91 Å². The van der Waals surface area contributed by atoms with Crippen LogP contribution in [-0.4, -0.2) is 42.1 Å². The third-order valence-electron chi connectivity index (χ3n) is 2.67. The molecule has 0 radical (unpaired) electrons. The van der Waals surface area contributed by atoms with Gasteiger partial charge in [-0.2, -0.15) is 0 Å². The van der Waals surface area contributed by atoms with Crippen molar-refractivity contribution in [1.29, 1.82) is 0 Å². The number of carbonyl (C=O) groups excluding carboxylic acids is 2. The summed E-state index contributed by atoms with van der Waals surface area (Å²) in [6.45, 7) is 0. The first kappa shape index (κ1) is 13.0. The van der Waals surface area contributed by atoms with Crippen LogP contribution >= 0.6 is 11.6 Å². The fourth-order valence-corrected chi connectivity index (χ4v) is 3.75. The quantitative estimate of drug-likeness (QED) is 0.749. The Hall–Kier alpha value is -1.40. The number of amides is 1. The molecule has 1 aliphatic rings. The summed E-state index contributed by atoms with van der Waals surface area (Å²) in [5.74, 6) is -1.38. The average Bonchev–Trinajstić information content (AvgIpc) is 2.66. The van der Waals surface area contributed by atoms with Crippen LogP contribution in [0.5, 0.6) is 0 Å². The fourth-order valence-electron chi connectivity index (χ4n) is 1.82. The molecule has 5 nitrogen and oxygen atoms in total. The van der Waals surface area contributed by atoms with Crippen molar-refractivity contribution in [3.63, 3.8) is 0 Å². The molecule has 0 N–H and O–H groups in total. The van der Waals surface area contributed by atoms with Crippen molar-refractivity contribution in [1.82, 2.24) is 4.90 Å². The Labute approximate surface area is 109 Å². The summed E-state index contributed by atoms with van der Waals surface area (Å²) >= 11 is 5.34. The number of sulfone groups is 1. The lowest BCUT2D eigenvalue weighted by atomic mass is 10.2. The Morgan fingerprint density at radius 3 is 2.39 bits per heavy atom. The van der Waals surface area contributed by atoms with Gasteiger partial charge in [0, 0.05) is 5.56 Å². The summed E-state index contributed by atoms with van der Waals surface area (Å²) in [5.41, 5.74) is 0.331. The third-order valence-corrected chi connectivity index (χ3v) is 4.41. The zero-order chi connectivity index (χ0) is 13.3. The zero-order valence-electron chi connectivity index (χ0n) is 9.24. The molecule has 1 aromatic carbocycles. The summed E-state index contributed by atoms with van der Waals surface area (Å²) in [5, 5.41) is -0.833. The molecule has 1 aliphatic heterocycles. The van der Waals surface area contributed by atoms with Crippen molar-refractivity contribution in [2.45, 2.75) is 6.04 Å². The number of rotatable bonds is 2. The zero-order valence-corrected chi connectivity index (χ0v) is 10.8. The molecule has 0 saturated carbocycles. The van der Waals surface area contributed by atoms with E-state index in [1.54, 1.807) is 30.3 Å². The number of nitrogens with zero attached hydrogens (tertiary/aromatic N) is 1. The van der Waals surface area contributed by atoms with Gasteiger partial charge in [0.2, 0.25) is 5.24 Å². The molecular formula is C11H10ClNO4S. The molecule has 0 bridgehead atoms. The van der Waals surface area contributed by atoms with E-state index in [0.29, 0.717) is 5.56 Å². The summed E-state index contributed by atoms with van der Waals surface area (Å²) in [4.78, 5) is 24.3. The van der Waals surface area contributed by atoms with Crippen molar-refractivity contribution in [3.8, 4) is 0 Å². The van der Waals surface area contributed by atoms with Crippen LogP contribution in [-0.2, 0) is 14.6 Å². The van der Waals surface area contributed by atoms with Crippen molar-refractivity contribution in [2.24, 2.45) is 0 Å². The molecule has 1 atom stereocenters. The van der Waals surface area contributed by atoms with E-state index in [4.69, 9.17) is 11.6 Å². The van der Waals surface area contributed by atoms with Crippen LogP contribution in [0.2, 0.25) is 0 Å². The molecule has 0 aliphatic carbocycles. The normalized spacial score (nSPS) is 21.8. The van der Waals surface area contributed by atoms with E-state index >= 15 is 0 Å². The van der Waals surface area contributed by atoms with Crippen molar-refractivity contribution < 1.29 is 18.0 Å². The van der Waals surface area contributed by atoms with Gasteiger partial charge in [-0.25, -0.2) is 8.42 Å². The SMILES string of the molecule is O=C(Cl)[C@H]1CS(=O)(=O)CN1C(=O)c1ccccc1. The smallest absolute Gasteiger partial charge is 0.255 e. The monoisotopic (exact) mass is 287 g/mol. The molecule has 0 aromatic heterocycles. The lowest BCUT2D eigenvalue weighted by molar-refractivity contribution is -0.114. The minimum Gasteiger partial charge on any atom is -0.312 e. The Bertz CT molecular complexity index is 584. The van der Waals surface area contributed by atoms with Gasteiger partial charge < -0.3 is 4.90 Å². The number of halogens is 1. The predicted molar refractivity (Wildman–Crippen MR) is 65.9 cm³/mol. The highest BCUT2D eigenvalue weighted by atomic mass is 35.5. The van der Waals surface area contributed by atoms with Gasteiger partial charge in [-0.05, 0) is 23.7 Å². The van der Waals surface area contributed by atoms with Crippen LogP contribution in [0.4, 0.5) is 0 Å². The van der Waals surface area contributed by atoms with E-state index in [9.17, 15) is 18.0 Å². The van der Waals surface area contributed by atoms with E-state index in [1.807, 2.05) is 0 Å². The second-order valence-corrected chi connectivity index (χ2v) is 6.45. The van der Waals surface area contributed by atoms with E-state index < -0.39 is 38.7 Å². The molecule has 7 heteroatoms. The highest BCUT2D eigenvalue weighted by Gasteiger charge is 2.42. The van der Waals surface area contributed by atoms with Gasteiger partial charge in [-0.3, -0.25) is 9.59 Å². The van der Waals surface area contributed by atoms with Crippen molar-refractivity contribution >= 4 is 32.6 Å². The molecule has 1 heterocycles. The molecular weight excluding hydrogens is 278 g/mol. The lowest BCUT2D eigenvalue weighted by Crippen LogP contribution is -2.40. The number of benzene rings is 1. The molecule has 0 spiro atoms. The molecule has 2 rings (SSSR count). The van der Waals surface area contributed by atoms with Crippen molar-refractivity contribution in [2.75, 3.05) is 11.6 Å². The second kappa shape index (κ2) is 4.70. The number of carbonyl (C=O) groups is 2. The minimum absolute atomic E-state index is 0.331. The second-order valence-electron chi connectivity index (χ2n) is 4.00. The summed E-state index contributed by atoms with van der Waals surface area (Å²) in [6.07, 6.45) is 0. The van der Waals surface area contributed by atoms with Gasteiger partial charge in [0.15, 0.2) is 9.84 Å². The summed E-state index contributed by atoms with van der Waals surface area (Å²) in [6, 6.07) is 7.09. The predicted octanol–water partition coefficient (Wildman–Crippen LogP) is 0.649. The Morgan fingerprint density at radius 2 is 1.83 bits per heavy atom. The molecule has 1 saturated heterocycles. The van der Waals surface area contributed by atoms with Gasteiger partial charge in [0.05, 0.1) is 5.75 Å². The minimum atomic E-state index is -3.44. The molecule has 96 valence electrons. The van der Waals surface area contributed by atoms with Crippen LogP contribution in [0.25, 0.3) is 0 Å². The van der Waals surface area contributed by atoms with Crippen LogP contribution in [0.1, 0.15) is 10.4 Å². The number of hydrogen-bond donors (Lipinski definition) is 0. The maximum Gasteiger partial charge on any atom is 0.255 e. The standard InChI is InChI=1S/C11H10ClNO4S/c12-10(14)9-6-18(16,17)7-13(9)11(15)8-4-2-1-3-5-8/h1-5,9H,6-7H2/t9-/m1/s1. The van der Waals surface area contributed by atoms with E-state index in [2.05, 4.69) is 0 Å². The Kier molecular flexibility index (Phi) is 3.41. The molecule has 1 fully saturated rings. The van der Waals surface area contributed by atoms with E-state index in [-0.39, 0.29) is 0 Å². The van der Waals surface area contributed by atoms with Crippen LogP contribution in [0.15, 0.2) is 30.3 Å². The Morgan fingerprint density at radius 1 is 1.22 bits per heavy atom. The van der Waals surface area contributed by atoms with Gasteiger partial charge in [0.1, 0.15) is 11.9 Å². The van der Waals surface area contributed by atoms with E-state index in [0.717, 1.165) is 4.90 Å². The van der Waals surface area contributed by atoms with E-state index in [1.165, 1.54) is 0 Å². The van der Waals surface area contributed by atoms with Crippen LogP contribution in [0, 0.1) is 0 Å². The Balaban J connectivity index is 2.32. The molecule has 1 amide bonds. The first-order valence-electron chi connectivity index (χ1n) is 5.16. The van der Waals surface area contributed by atoms with Crippen molar-refractivity contribution in [3.05, 3.63) is 35.9 Å². The van der Waals surface area contributed by atoms with Crippen LogP contribution in [0.3, 0.4) is 0 Å². The van der Waals surface area contributed by atoms with Crippen LogP contribution < -0.4 is 0 Å². The van der Waals surface area contributed by atoms with Gasteiger partial charge in [-0.1, -0.05) is 18.2 Å². The molecule has 1 aromatic rings. The summed E-state index contributed by atoms with van der Waals surface area (Å²) < 4.78 is 23.0. The van der Waals surface area contributed by atoms with Gasteiger partial charge in [-0.15, -0.1) is 0 Å². The highest BCUT2D eigenvalue weighted by Crippen LogP contribution is 2.20. The average molecular weight is 288 g/mol. The maximum atomic E-state index is 12.1. The first-order chi connectivity index (χ1) is 8.41. The maximum absolute atomic E-state index is 12.1. The van der Waals surface area contributed by atoms with Gasteiger partial charge >= 0.3 is 0 Å². The number of hydrogen-bond acceptors (Lipinski definition) is 4. The first-order valence-corrected chi connectivity index (χ1v) is 7.36. The topological polar surface area (TPSA) is 71.5 Å². The molecule has 18 heavy (non-hydrogen) atoms. The third kappa shape index (κ3) is 2.54. The fraction of sp³-hybridized carbons (Fsp3) is 0.273. The summed E-state index contributed by atoms with van der Waals surface area (Å²) in [7, 11) is -3.44. The highest BCUT2D eigenvalue weighted by molar-refractivity contribution is 7.91.